The fourth-order valence-corrected chi connectivity index (χ4v) is 2.89. The van der Waals surface area contributed by atoms with Crippen LogP contribution in [0.15, 0.2) is 48.5 Å². The highest BCUT2D eigenvalue weighted by atomic mass is 16.5. The maximum Gasteiger partial charge on any atom is 0.338 e. The fourth-order valence-electron chi connectivity index (χ4n) is 2.89. The van der Waals surface area contributed by atoms with Crippen LogP contribution >= 0.6 is 0 Å². The second kappa shape index (κ2) is 8.35. The van der Waals surface area contributed by atoms with Gasteiger partial charge >= 0.3 is 5.97 Å². The van der Waals surface area contributed by atoms with Crippen LogP contribution < -0.4 is 10.2 Å². The third-order valence-electron chi connectivity index (χ3n) is 4.40. The van der Waals surface area contributed by atoms with Crippen molar-refractivity contribution in [2.45, 2.75) is 25.9 Å². The van der Waals surface area contributed by atoms with Gasteiger partial charge in [-0.3, -0.25) is 9.59 Å². The number of nitrogens with one attached hydrogen (secondary N) is 1. The summed E-state index contributed by atoms with van der Waals surface area (Å²) in [5, 5.41) is 11.5. The molecule has 0 saturated carbocycles. The Bertz CT molecular complexity index is 947. The van der Waals surface area contributed by atoms with Crippen LogP contribution in [-0.4, -0.2) is 30.4 Å². The minimum atomic E-state index is -1.02. The monoisotopic (exact) mass is 377 g/mol. The third kappa shape index (κ3) is 4.35. The largest absolute Gasteiger partial charge is 0.449 e. The van der Waals surface area contributed by atoms with Gasteiger partial charge in [0.05, 0.1) is 17.2 Å². The van der Waals surface area contributed by atoms with Gasteiger partial charge in [0.1, 0.15) is 0 Å². The number of benzene rings is 2. The van der Waals surface area contributed by atoms with Gasteiger partial charge in [0.25, 0.3) is 5.91 Å². The molecule has 7 nitrogen and oxygen atoms in total. The standard InChI is InChI=1S/C21H19N3O4/c1-14(20(26)23-17-5-2-4-15(12-17)13-22)28-21(27)16-7-9-18(10-8-16)24-11-3-6-19(24)25/h2,4-5,7-10,12,14H,3,6,11H2,1H3,(H,23,26)/t14-/m0/s1. The Balaban J connectivity index is 1.59. The number of nitriles is 1. The number of hydrogen-bond acceptors (Lipinski definition) is 5. The number of amides is 2. The second-order valence-electron chi connectivity index (χ2n) is 6.43. The van der Waals surface area contributed by atoms with E-state index in [-0.39, 0.29) is 5.91 Å². The van der Waals surface area contributed by atoms with E-state index in [4.69, 9.17) is 10.00 Å². The lowest BCUT2D eigenvalue weighted by Gasteiger charge is -2.16. The van der Waals surface area contributed by atoms with Gasteiger partial charge in [0.15, 0.2) is 6.10 Å². The number of rotatable bonds is 5. The van der Waals surface area contributed by atoms with Gasteiger partial charge in [-0.05, 0) is 55.8 Å². The van der Waals surface area contributed by atoms with Crippen molar-refractivity contribution in [1.29, 1.82) is 5.26 Å². The summed E-state index contributed by atoms with van der Waals surface area (Å²) in [5.74, 6) is -1.06. The first-order chi connectivity index (χ1) is 13.5. The van der Waals surface area contributed by atoms with Crippen LogP contribution in [0.5, 0.6) is 0 Å². The van der Waals surface area contributed by atoms with E-state index in [0.717, 1.165) is 12.1 Å². The summed E-state index contributed by atoms with van der Waals surface area (Å²) >= 11 is 0. The van der Waals surface area contributed by atoms with E-state index >= 15 is 0 Å². The SMILES string of the molecule is C[C@H](OC(=O)c1ccc(N2CCCC2=O)cc1)C(=O)Nc1cccc(C#N)c1. The number of carbonyl (C=O) groups is 3. The van der Waals surface area contributed by atoms with Gasteiger partial charge in [-0.1, -0.05) is 6.07 Å². The lowest BCUT2D eigenvalue weighted by Crippen LogP contribution is -2.30. The molecule has 2 aromatic carbocycles. The average molecular weight is 377 g/mol. The fraction of sp³-hybridized carbons (Fsp3) is 0.238. The van der Waals surface area contributed by atoms with E-state index in [1.54, 1.807) is 47.4 Å². The summed E-state index contributed by atoms with van der Waals surface area (Å²) in [6, 6.07) is 15.0. The Morgan fingerprint density at radius 2 is 1.96 bits per heavy atom. The highest BCUT2D eigenvalue weighted by molar-refractivity contribution is 5.98. The molecule has 0 aliphatic carbocycles. The molecule has 3 rings (SSSR count). The van der Waals surface area contributed by atoms with Crippen LogP contribution in [0, 0.1) is 11.3 Å². The number of esters is 1. The van der Waals surface area contributed by atoms with Gasteiger partial charge in [-0.15, -0.1) is 0 Å². The molecular formula is C21H19N3O4. The van der Waals surface area contributed by atoms with Gasteiger partial charge in [-0.2, -0.15) is 5.26 Å². The minimum absolute atomic E-state index is 0.0705. The van der Waals surface area contributed by atoms with Crippen molar-refractivity contribution in [2.24, 2.45) is 0 Å². The van der Waals surface area contributed by atoms with Crippen LogP contribution in [0.2, 0.25) is 0 Å². The van der Waals surface area contributed by atoms with Crippen molar-refractivity contribution in [3.05, 3.63) is 59.7 Å². The zero-order valence-electron chi connectivity index (χ0n) is 15.3. The van der Waals surface area contributed by atoms with E-state index in [2.05, 4.69) is 5.32 Å². The van der Waals surface area contributed by atoms with Gasteiger partial charge in [0.2, 0.25) is 5.91 Å². The molecular weight excluding hydrogens is 358 g/mol. The number of nitrogens with zero attached hydrogens (tertiary/aromatic N) is 2. The summed E-state index contributed by atoms with van der Waals surface area (Å²) in [5.41, 5.74) is 1.90. The molecule has 0 aromatic heterocycles. The van der Waals surface area contributed by atoms with Crippen molar-refractivity contribution < 1.29 is 19.1 Å². The van der Waals surface area contributed by atoms with Crippen molar-refractivity contribution in [2.75, 3.05) is 16.8 Å². The maximum absolute atomic E-state index is 12.3. The summed E-state index contributed by atoms with van der Waals surface area (Å²) in [7, 11) is 0. The maximum atomic E-state index is 12.3. The van der Waals surface area contributed by atoms with Crippen LogP contribution in [0.25, 0.3) is 0 Å². The van der Waals surface area contributed by atoms with Crippen LogP contribution in [0.1, 0.15) is 35.7 Å². The minimum Gasteiger partial charge on any atom is -0.449 e. The Morgan fingerprint density at radius 3 is 2.61 bits per heavy atom. The quantitative estimate of drug-likeness (QED) is 0.808. The zero-order chi connectivity index (χ0) is 20.1. The summed E-state index contributed by atoms with van der Waals surface area (Å²) < 4.78 is 5.22. The van der Waals surface area contributed by atoms with Gasteiger partial charge in [-0.25, -0.2) is 4.79 Å². The molecule has 0 radical (unpaired) electrons. The molecule has 2 amide bonds. The molecule has 1 atom stereocenters. The molecule has 142 valence electrons. The van der Waals surface area contributed by atoms with E-state index in [1.165, 1.54) is 13.0 Å². The van der Waals surface area contributed by atoms with Crippen molar-refractivity contribution in [3.63, 3.8) is 0 Å². The van der Waals surface area contributed by atoms with E-state index in [1.807, 2.05) is 6.07 Å². The highest BCUT2D eigenvalue weighted by Crippen LogP contribution is 2.22. The van der Waals surface area contributed by atoms with E-state index in [9.17, 15) is 14.4 Å². The molecule has 28 heavy (non-hydrogen) atoms. The average Bonchev–Trinajstić information content (AvgIpc) is 3.14. The summed E-state index contributed by atoms with van der Waals surface area (Å²) in [6.07, 6.45) is 0.346. The topological polar surface area (TPSA) is 99.5 Å². The molecule has 1 heterocycles. The summed E-state index contributed by atoms with van der Waals surface area (Å²) in [6.45, 7) is 2.14. The van der Waals surface area contributed by atoms with Gasteiger partial charge in [0, 0.05) is 24.3 Å². The number of ether oxygens (including phenoxy) is 1. The van der Waals surface area contributed by atoms with Crippen LogP contribution in [0.3, 0.4) is 0 Å². The Morgan fingerprint density at radius 1 is 1.21 bits per heavy atom. The highest BCUT2D eigenvalue weighted by Gasteiger charge is 2.23. The molecule has 0 spiro atoms. The molecule has 1 aliphatic rings. The normalized spacial score (nSPS) is 14.3. The smallest absolute Gasteiger partial charge is 0.338 e. The van der Waals surface area contributed by atoms with E-state index in [0.29, 0.717) is 29.8 Å². The molecule has 1 saturated heterocycles. The predicted octanol–water partition coefficient (Wildman–Crippen LogP) is 2.87. The lowest BCUT2D eigenvalue weighted by molar-refractivity contribution is -0.123. The first-order valence-corrected chi connectivity index (χ1v) is 8.90. The summed E-state index contributed by atoms with van der Waals surface area (Å²) in [4.78, 5) is 38.0. The molecule has 2 aromatic rings. The molecule has 0 unspecified atom stereocenters. The number of anilines is 2. The zero-order valence-corrected chi connectivity index (χ0v) is 15.3. The molecule has 1 fully saturated rings. The second-order valence-corrected chi connectivity index (χ2v) is 6.43. The Labute approximate surface area is 162 Å². The predicted molar refractivity (Wildman–Crippen MR) is 103 cm³/mol. The first-order valence-electron chi connectivity index (χ1n) is 8.90. The van der Waals surface area contributed by atoms with E-state index < -0.39 is 18.0 Å². The van der Waals surface area contributed by atoms with Crippen LogP contribution in [-0.2, 0) is 14.3 Å². The van der Waals surface area contributed by atoms with Crippen molar-refractivity contribution in [1.82, 2.24) is 0 Å². The van der Waals surface area contributed by atoms with Crippen molar-refractivity contribution in [3.8, 4) is 6.07 Å². The lowest BCUT2D eigenvalue weighted by atomic mass is 10.2. The molecule has 0 bridgehead atoms. The molecule has 7 heteroatoms. The first kappa shape index (κ1) is 19.1. The molecule has 1 aliphatic heterocycles. The Hall–Kier alpha value is -3.66. The van der Waals surface area contributed by atoms with Crippen molar-refractivity contribution >= 4 is 29.2 Å². The van der Waals surface area contributed by atoms with Gasteiger partial charge < -0.3 is 15.0 Å². The Kier molecular flexibility index (Phi) is 5.70. The number of carbonyl (C=O) groups excluding carboxylic acids is 3. The van der Waals surface area contributed by atoms with Crippen LogP contribution in [0.4, 0.5) is 11.4 Å². The molecule has 1 N–H and O–H groups in total. The third-order valence-corrected chi connectivity index (χ3v) is 4.40. The number of hydrogen-bond donors (Lipinski definition) is 1.